The third-order valence-corrected chi connectivity index (χ3v) is 4.82. The smallest absolute Gasteiger partial charge is 0.163 e. The van der Waals surface area contributed by atoms with E-state index in [0.717, 1.165) is 43.9 Å². The van der Waals surface area contributed by atoms with E-state index in [4.69, 9.17) is 9.47 Å². The third-order valence-electron chi connectivity index (χ3n) is 3.66. The second kappa shape index (κ2) is 6.72. The second-order valence-corrected chi connectivity index (χ2v) is 6.66. The Balaban J connectivity index is 2.12. The van der Waals surface area contributed by atoms with Gasteiger partial charge in [-0.25, -0.2) is 0 Å². The standard InChI is InChI=1S/C18H16BrNO2S/c1-11-8-13(9-16(21-2)18(11)22-3)15-10-23-20-17(15)12-4-6-14(19)7-5-12/h4-10H,1-3H3. The van der Waals surface area contributed by atoms with Gasteiger partial charge in [-0.15, -0.1) is 0 Å². The molecular formula is C18H16BrNO2S. The van der Waals surface area contributed by atoms with Crippen LogP contribution in [0.15, 0.2) is 46.3 Å². The first-order valence-corrected chi connectivity index (χ1v) is 8.70. The summed E-state index contributed by atoms with van der Waals surface area (Å²) in [6.07, 6.45) is 0. The molecule has 0 atom stereocenters. The molecule has 3 rings (SSSR count). The average Bonchev–Trinajstić information content (AvgIpc) is 3.04. The summed E-state index contributed by atoms with van der Waals surface area (Å²) in [7, 11) is 3.31. The monoisotopic (exact) mass is 389 g/mol. The van der Waals surface area contributed by atoms with Crippen molar-refractivity contribution in [3.63, 3.8) is 0 Å². The molecule has 0 bridgehead atoms. The van der Waals surface area contributed by atoms with E-state index in [1.807, 2.05) is 25.1 Å². The lowest BCUT2D eigenvalue weighted by Gasteiger charge is -2.13. The summed E-state index contributed by atoms with van der Waals surface area (Å²) >= 11 is 4.92. The van der Waals surface area contributed by atoms with Crippen LogP contribution in [-0.2, 0) is 0 Å². The Hall–Kier alpha value is -1.85. The number of hydrogen-bond acceptors (Lipinski definition) is 4. The van der Waals surface area contributed by atoms with E-state index in [2.05, 4.69) is 43.9 Å². The van der Waals surface area contributed by atoms with E-state index in [1.165, 1.54) is 11.5 Å². The van der Waals surface area contributed by atoms with Crippen LogP contribution in [0.5, 0.6) is 11.5 Å². The largest absolute Gasteiger partial charge is 0.493 e. The van der Waals surface area contributed by atoms with E-state index in [1.54, 1.807) is 14.2 Å². The summed E-state index contributed by atoms with van der Waals surface area (Å²) in [6, 6.07) is 12.3. The van der Waals surface area contributed by atoms with Crippen molar-refractivity contribution < 1.29 is 9.47 Å². The molecule has 3 aromatic rings. The minimum atomic E-state index is 0.732. The molecule has 0 N–H and O–H groups in total. The molecule has 0 aliphatic carbocycles. The number of ether oxygens (including phenoxy) is 2. The van der Waals surface area contributed by atoms with Crippen molar-refractivity contribution in [2.24, 2.45) is 0 Å². The molecule has 3 nitrogen and oxygen atoms in total. The Morgan fingerprint density at radius 2 is 1.74 bits per heavy atom. The highest BCUT2D eigenvalue weighted by atomic mass is 79.9. The van der Waals surface area contributed by atoms with Crippen LogP contribution in [0.2, 0.25) is 0 Å². The van der Waals surface area contributed by atoms with Gasteiger partial charge in [-0.05, 0) is 53.8 Å². The molecule has 0 amide bonds. The van der Waals surface area contributed by atoms with E-state index in [0.29, 0.717) is 0 Å². The first kappa shape index (κ1) is 16.0. The lowest BCUT2D eigenvalue weighted by atomic mass is 9.99. The van der Waals surface area contributed by atoms with Crippen molar-refractivity contribution >= 4 is 27.5 Å². The van der Waals surface area contributed by atoms with E-state index >= 15 is 0 Å². The van der Waals surface area contributed by atoms with Gasteiger partial charge in [0, 0.05) is 21.0 Å². The number of hydrogen-bond donors (Lipinski definition) is 0. The minimum absolute atomic E-state index is 0.732. The molecule has 1 heterocycles. The molecule has 0 fully saturated rings. The highest BCUT2D eigenvalue weighted by Gasteiger charge is 2.15. The maximum absolute atomic E-state index is 5.47. The normalized spacial score (nSPS) is 10.6. The predicted octanol–water partition coefficient (Wildman–Crippen LogP) is 5.57. The van der Waals surface area contributed by atoms with Crippen LogP contribution in [-0.4, -0.2) is 18.6 Å². The van der Waals surface area contributed by atoms with Crippen LogP contribution in [0.3, 0.4) is 0 Å². The summed E-state index contributed by atoms with van der Waals surface area (Å²) in [5.41, 5.74) is 5.29. The zero-order valence-electron chi connectivity index (χ0n) is 13.1. The SMILES string of the molecule is COc1cc(-c2csnc2-c2ccc(Br)cc2)cc(C)c1OC. The van der Waals surface area contributed by atoms with E-state index in [9.17, 15) is 0 Å². The Morgan fingerprint density at radius 1 is 1.00 bits per heavy atom. The zero-order valence-corrected chi connectivity index (χ0v) is 15.5. The zero-order chi connectivity index (χ0) is 16.4. The number of methoxy groups -OCH3 is 2. The van der Waals surface area contributed by atoms with Crippen molar-refractivity contribution in [3.05, 3.63) is 51.8 Å². The van der Waals surface area contributed by atoms with Crippen LogP contribution in [0.25, 0.3) is 22.4 Å². The van der Waals surface area contributed by atoms with Gasteiger partial charge in [-0.1, -0.05) is 28.1 Å². The molecule has 0 saturated carbocycles. The molecule has 118 valence electrons. The predicted molar refractivity (Wildman–Crippen MR) is 98.5 cm³/mol. The fourth-order valence-corrected chi connectivity index (χ4v) is 3.55. The number of nitrogens with zero attached hydrogens (tertiary/aromatic N) is 1. The molecule has 0 radical (unpaired) electrons. The topological polar surface area (TPSA) is 31.4 Å². The number of aromatic nitrogens is 1. The van der Waals surface area contributed by atoms with Gasteiger partial charge in [-0.2, -0.15) is 4.37 Å². The Labute approximate surface area is 148 Å². The summed E-state index contributed by atoms with van der Waals surface area (Å²) in [4.78, 5) is 0. The molecular weight excluding hydrogens is 374 g/mol. The van der Waals surface area contributed by atoms with Crippen molar-refractivity contribution in [2.45, 2.75) is 6.92 Å². The second-order valence-electron chi connectivity index (χ2n) is 5.11. The van der Waals surface area contributed by atoms with Gasteiger partial charge in [0.2, 0.25) is 0 Å². The average molecular weight is 390 g/mol. The van der Waals surface area contributed by atoms with E-state index in [-0.39, 0.29) is 0 Å². The summed E-state index contributed by atoms with van der Waals surface area (Å²) < 4.78 is 16.5. The van der Waals surface area contributed by atoms with Crippen molar-refractivity contribution in [2.75, 3.05) is 14.2 Å². The molecule has 5 heteroatoms. The Morgan fingerprint density at radius 3 is 2.39 bits per heavy atom. The van der Waals surface area contributed by atoms with Crippen molar-refractivity contribution in [1.82, 2.24) is 4.37 Å². The quantitative estimate of drug-likeness (QED) is 0.584. The van der Waals surface area contributed by atoms with Crippen molar-refractivity contribution in [1.29, 1.82) is 0 Å². The highest BCUT2D eigenvalue weighted by Crippen LogP contribution is 2.39. The number of benzene rings is 2. The fraction of sp³-hybridized carbons (Fsp3) is 0.167. The highest BCUT2D eigenvalue weighted by molar-refractivity contribution is 9.10. The molecule has 23 heavy (non-hydrogen) atoms. The molecule has 1 aromatic heterocycles. The number of rotatable bonds is 4. The van der Waals surface area contributed by atoms with Crippen LogP contribution in [0.4, 0.5) is 0 Å². The molecule has 0 aliphatic heterocycles. The molecule has 0 unspecified atom stereocenters. The molecule has 0 spiro atoms. The van der Waals surface area contributed by atoms with E-state index < -0.39 is 0 Å². The Kier molecular flexibility index (Phi) is 4.68. The Bertz CT molecular complexity index is 828. The van der Waals surface area contributed by atoms with Gasteiger partial charge in [0.15, 0.2) is 11.5 Å². The first-order valence-electron chi connectivity index (χ1n) is 7.07. The summed E-state index contributed by atoms with van der Waals surface area (Å²) in [5.74, 6) is 1.50. The van der Waals surface area contributed by atoms with Gasteiger partial charge in [0.05, 0.1) is 19.9 Å². The van der Waals surface area contributed by atoms with Crippen LogP contribution < -0.4 is 9.47 Å². The molecule has 2 aromatic carbocycles. The fourth-order valence-electron chi connectivity index (χ4n) is 2.57. The lowest BCUT2D eigenvalue weighted by Crippen LogP contribution is -1.94. The van der Waals surface area contributed by atoms with Crippen molar-refractivity contribution in [3.8, 4) is 33.9 Å². The van der Waals surface area contributed by atoms with Crippen LogP contribution >= 0.6 is 27.5 Å². The van der Waals surface area contributed by atoms with Gasteiger partial charge in [0.1, 0.15) is 0 Å². The maximum atomic E-state index is 5.47. The minimum Gasteiger partial charge on any atom is -0.493 e. The number of halogens is 1. The lowest BCUT2D eigenvalue weighted by molar-refractivity contribution is 0.353. The first-order chi connectivity index (χ1) is 11.1. The molecule has 0 saturated heterocycles. The summed E-state index contributed by atoms with van der Waals surface area (Å²) in [6.45, 7) is 2.02. The van der Waals surface area contributed by atoms with Gasteiger partial charge in [0.25, 0.3) is 0 Å². The van der Waals surface area contributed by atoms with Crippen LogP contribution in [0, 0.1) is 6.92 Å². The number of aryl methyl sites for hydroxylation is 1. The maximum Gasteiger partial charge on any atom is 0.163 e. The van der Waals surface area contributed by atoms with Gasteiger partial charge in [-0.3, -0.25) is 0 Å². The third kappa shape index (κ3) is 3.12. The van der Waals surface area contributed by atoms with Gasteiger partial charge >= 0.3 is 0 Å². The van der Waals surface area contributed by atoms with Crippen LogP contribution in [0.1, 0.15) is 5.56 Å². The molecule has 0 aliphatic rings. The summed E-state index contributed by atoms with van der Waals surface area (Å²) in [5, 5.41) is 2.07. The van der Waals surface area contributed by atoms with Gasteiger partial charge < -0.3 is 9.47 Å².